The first-order valence-corrected chi connectivity index (χ1v) is 9.07. The average molecular weight is 303 g/mol. The highest BCUT2D eigenvalue weighted by Crippen LogP contribution is 2.34. The monoisotopic (exact) mass is 303 g/mol. The van der Waals surface area contributed by atoms with Crippen LogP contribution in [0.15, 0.2) is 0 Å². The summed E-state index contributed by atoms with van der Waals surface area (Å²) in [6.45, 7) is 2.01. The second-order valence-electron chi connectivity index (χ2n) is 5.11. The molecule has 2 saturated heterocycles. The molecule has 19 heavy (non-hydrogen) atoms. The largest absolute Gasteiger partial charge is 0.480 e. The van der Waals surface area contributed by atoms with Crippen LogP contribution in [0.1, 0.15) is 32.6 Å². The number of thioether (sulfide) groups is 2. The third kappa shape index (κ3) is 3.60. The lowest BCUT2D eigenvalue weighted by Crippen LogP contribution is -2.46. The predicted octanol–water partition coefficient (Wildman–Crippen LogP) is 2.28. The Morgan fingerprint density at radius 1 is 1.32 bits per heavy atom. The minimum Gasteiger partial charge on any atom is -0.480 e. The van der Waals surface area contributed by atoms with Gasteiger partial charge in [0.25, 0.3) is 0 Å². The van der Waals surface area contributed by atoms with Crippen LogP contribution >= 0.6 is 23.5 Å². The molecule has 2 atom stereocenters. The zero-order valence-electron chi connectivity index (χ0n) is 11.2. The second kappa shape index (κ2) is 6.88. The van der Waals surface area contributed by atoms with E-state index in [4.69, 9.17) is 0 Å². The summed E-state index contributed by atoms with van der Waals surface area (Å²) >= 11 is 3.54. The molecular weight excluding hydrogens is 282 g/mol. The number of carboxylic acid groups (broad SMARTS) is 1. The van der Waals surface area contributed by atoms with Crippen molar-refractivity contribution in [3.05, 3.63) is 0 Å². The van der Waals surface area contributed by atoms with E-state index in [1.165, 1.54) is 0 Å². The van der Waals surface area contributed by atoms with Crippen LogP contribution in [-0.2, 0) is 9.59 Å². The first-order chi connectivity index (χ1) is 9.13. The molecule has 0 aliphatic carbocycles. The average Bonchev–Trinajstić information content (AvgIpc) is 2.83. The molecule has 2 aliphatic rings. The SMILES string of the molecule is CCC1SCC(C(=O)O)N1C(=O)CC1CCSCC1. The molecule has 2 unspecified atom stereocenters. The molecule has 1 amide bonds. The van der Waals surface area contributed by atoms with E-state index in [-0.39, 0.29) is 11.3 Å². The number of carboxylic acids is 1. The Hall–Kier alpha value is -0.360. The lowest BCUT2D eigenvalue weighted by Gasteiger charge is -2.29. The Balaban J connectivity index is 1.99. The van der Waals surface area contributed by atoms with E-state index in [1.807, 2.05) is 18.7 Å². The number of nitrogens with zero attached hydrogens (tertiary/aromatic N) is 1. The molecule has 0 aromatic rings. The number of carbonyl (C=O) groups is 2. The smallest absolute Gasteiger partial charge is 0.327 e. The highest BCUT2D eigenvalue weighted by Gasteiger charge is 2.41. The quantitative estimate of drug-likeness (QED) is 0.863. The van der Waals surface area contributed by atoms with Gasteiger partial charge in [-0.1, -0.05) is 6.92 Å². The predicted molar refractivity (Wildman–Crippen MR) is 79.5 cm³/mol. The first-order valence-electron chi connectivity index (χ1n) is 6.86. The summed E-state index contributed by atoms with van der Waals surface area (Å²) in [4.78, 5) is 25.3. The van der Waals surface area contributed by atoms with Gasteiger partial charge >= 0.3 is 5.97 Å². The molecule has 0 aromatic carbocycles. The van der Waals surface area contributed by atoms with Gasteiger partial charge in [0.05, 0.1) is 5.37 Å². The van der Waals surface area contributed by atoms with Crippen LogP contribution in [0.2, 0.25) is 0 Å². The van der Waals surface area contributed by atoms with Gasteiger partial charge in [-0.15, -0.1) is 11.8 Å². The standard InChI is InChI=1S/C13H21NO3S2/c1-2-12-14(10(8-19-12)13(16)17)11(15)7-9-3-5-18-6-4-9/h9-10,12H,2-8H2,1H3,(H,16,17). The summed E-state index contributed by atoms with van der Waals surface area (Å²) < 4.78 is 0. The van der Waals surface area contributed by atoms with Crippen molar-refractivity contribution in [2.45, 2.75) is 44.0 Å². The van der Waals surface area contributed by atoms with Gasteiger partial charge in [-0.2, -0.15) is 11.8 Å². The van der Waals surface area contributed by atoms with E-state index in [0.717, 1.165) is 30.8 Å². The van der Waals surface area contributed by atoms with Crippen molar-refractivity contribution in [2.75, 3.05) is 17.3 Å². The van der Waals surface area contributed by atoms with Gasteiger partial charge in [-0.25, -0.2) is 4.79 Å². The van der Waals surface area contributed by atoms with Crippen LogP contribution in [0.3, 0.4) is 0 Å². The van der Waals surface area contributed by atoms with Crippen molar-refractivity contribution < 1.29 is 14.7 Å². The topological polar surface area (TPSA) is 57.6 Å². The Bertz CT molecular complexity index is 345. The van der Waals surface area contributed by atoms with E-state index in [1.54, 1.807) is 16.7 Å². The van der Waals surface area contributed by atoms with E-state index >= 15 is 0 Å². The second-order valence-corrected chi connectivity index (χ2v) is 7.55. The molecule has 4 nitrogen and oxygen atoms in total. The van der Waals surface area contributed by atoms with E-state index in [0.29, 0.717) is 18.1 Å². The zero-order valence-corrected chi connectivity index (χ0v) is 12.8. The maximum Gasteiger partial charge on any atom is 0.327 e. The third-order valence-electron chi connectivity index (χ3n) is 3.82. The number of carbonyl (C=O) groups excluding carboxylic acids is 1. The number of hydrogen-bond acceptors (Lipinski definition) is 4. The number of aliphatic carboxylic acids is 1. The molecule has 0 bridgehead atoms. The molecule has 2 fully saturated rings. The zero-order chi connectivity index (χ0) is 13.8. The van der Waals surface area contributed by atoms with E-state index in [9.17, 15) is 14.7 Å². The van der Waals surface area contributed by atoms with Gasteiger partial charge in [0.1, 0.15) is 6.04 Å². The summed E-state index contributed by atoms with van der Waals surface area (Å²) in [5.74, 6) is 2.42. The van der Waals surface area contributed by atoms with Crippen molar-refractivity contribution in [2.24, 2.45) is 5.92 Å². The van der Waals surface area contributed by atoms with Crippen LogP contribution in [0.5, 0.6) is 0 Å². The molecule has 0 radical (unpaired) electrons. The fourth-order valence-corrected chi connectivity index (χ4v) is 5.28. The molecule has 0 aromatic heterocycles. The van der Waals surface area contributed by atoms with Crippen molar-refractivity contribution in [1.29, 1.82) is 0 Å². The Labute approximate surface area is 122 Å². The summed E-state index contributed by atoms with van der Waals surface area (Å²) in [7, 11) is 0. The fraction of sp³-hybridized carbons (Fsp3) is 0.846. The molecule has 2 heterocycles. The highest BCUT2D eigenvalue weighted by molar-refractivity contribution is 8.00. The van der Waals surface area contributed by atoms with Crippen molar-refractivity contribution in [1.82, 2.24) is 4.90 Å². The normalized spacial score (nSPS) is 28.6. The number of hydrogen-bond donors (Lipinski definition) is 1. The molecule has 0 saturated carbocycles. The maximum absolute atomic E-state index is 12.4. The third-order valence-corrected chi connectivity index (χ3v) is 6.32. The van der Waals surface area contributed by atoms with Gasteiger partial charge in [0.15, 0.2) is 0 Å². The summed E-state index contributed by atoms with van der Waals surface area (Å²) in [6, 6.07) is -0.625. The van der Waals surface area contributed by atoms with Crippen molar-refractivity contribution >= 4 is 35.4 Å². The van der Waals surface area contributed by atoms with Crippen molar-refractivity contribution in [3.8, 4) is 0 Å². The lowest BCUT2D eigenvalue weighted by molar-refractivity contribution is -0.149. The van der Waals surface area contributed by atoms with Crippen LogP contribution in [-0.4, -0.2) is 50.6 Å². The van der Waals surface area contributed by atoms with Gasteiger partial charge < -0.3 is 10.0 Å². The maximum atomic E-state index is 12.4. The van der Waals surface area contributed by atoms with Crippen LogP contribution in [0, 0.1) is 5.92 Å². The van der Waals surface area contributed by atoms with Gasteiger partial charge in [0.2, 0.25) is 5.91 Å². The highest BCUT2D eigenvalue weighted by atomic mass is 32.2. The molecule has 2 aliphatic heterocycles. The fourth-order valence-electron chi connectivity index (χ4n) is 2.71. The van der Waals surface area contributed by atoms with Gasteiger partial charge in [-0.05, 0) is 36.7 Å². The molecule has 6 heteroatoms. The van der Waals surface area contributed by atoms with E-state index < -0.39 is 12.0 Å². The molecule has 0 spiro atoms. The Morgan fingerprint density at radius 3 is 2.58 bits per heavy atom. The Morgan fingerprint density at radius 2 is 2.00 bits per heavy atom. The van der Waals surface area contributed by atoms with Gasteiger partial charge in [0, 0.05) is 12.2 Å². The first kappa shape index (κ1) is 15.0. The number of amides is 1. The molecule has 108 valence electrons. The summed E-state index contributed by atoms with van der Waals surface area (Å²) in [5, 5.41) is 9.29. The summed E-state index contributed by atoms with van der Waals surface area (Å²) in [6.07, 6.45) is 3.53. The van der Waals surface area contributed by atoms with Crippen LogP contribution in [0.4, 0.5) is 0 Å². The Kier molecular flexibility index (Phi) is 5.45. The van der Waals surface area contributed by atoms with E-state index in [2.05, 4.69) is 0 Å². The lowest BCUT2D eigenvalue weighted by atomic mass is 9.97. The summed E-state index contributed by atoms with van der Waals surface area (Å²) in [5.41, 5.74) is 0. The van der Waals surface area contributed by atoms with Gasteiger partial charge in [-0.3, -0.25) is 4.79 Å². The van der Waals surface area contributed by atoms with Crippen molar-refractivity contribution in [3.63, 3.8) is 0 Å². The molecule has 1 N–H and O–H groups in total. The minimum atomic E-state index is -0.865. The minimum absolute atomic E-state index is 0.0427. The molecular formula is C13H21NO3S2. The van der Waals surface area contributed by atoms with Crippen LogP contribution in [0.25, 0.3) is 0 Å². The molecule has 2 rings (SSSR count). The number of rotatable bonds is 4. The van der Waals surface area contributed by atoms with Crippen LogP contribution < -0.4 is 0 Å².